The zero-order valence-corrected chi connectivity index (χ0v) is 18.0. The Bertz CT molecular complexity index is 1190. The van der Waals surface area contributed by atoms with Crippen LogP contribution in [0.2, 0.25) is 0 Å². The van der Waals surface area contributed by atoms with E-state index in [9.17, 15) is 18.0 Å². The number of hydrogen-bond acceptors (Lipinski definition) is 4. The van der Waals surface area contributed by atoms with Gasteiger partial charge in [-0.15, -0.1) is 0 Å². The summed E-state index contributed by atoms with van der Waals surface area (Å²) < 4.78 is 48.1. The number of fused-ring (bicyclic) bond motifs is 2. The maximum absolute atomic E-state index is 14.0. The minimum absolute atomic E-state index is 0.00487. The molecule has 3 heterocycles. The quantitative estimate of drug-likeness (QED) is 0.593. The Morgan fingerprint density at radius 2 is 1.97 bits per heavy atom. The number of para-hydroxylation sites is 1. The lowest BCUT2D eigenvalue weighted by Gasteiger charge is -2.33. The average Bonchev–Trinajstić information content (AvgIpc) is 3.26. The Labute approximate surface area is 189 Å². The van der Waals surface area contributed by atoms with Gasteiger partial charge in [0, 0.05) is 24.7 Å². The first-order valence-corrected chi connectivity index (χ1v) is 10.8. The van der Waals surface area contributed by atoms with Crippen molar-refractivity contribution in [3.63, 3.8) is 0 Å². The molecule has 0 spiro atoms. The molecular formula is C24H23F3N4O2. The number of amides is 1. The van der Waals surface area contributed by atoms with Crippen molar-refractivity contribution in [2.75, 3.05) is 23.9 Å². The lowest BCUT2D eigenvalue weighted by Crippen LogP contribution is -2.37. The highest BCUT2D eigenvalue weighted by Gasteiger charge is 2.47. The van der Waals surface area contributed by atoms with Crippen LogP contribution >= 0.6 is 0 Å². The molecule has 1 N–H and O–H groups in total. The van der Waals surface area contributed by atoms with Crippen molar-refractivity contribution in [2.24, 2.45) is 0 Å². The van der Waals surface area contributed by atoms with Crippen LogP contribution in [0.3, 0.4) is 0 Å². The maximum atomic E-state index is 14.0. The number of nitrogens with one attached hydrogen (secondary N) is 1. The fourth-order valence-corrected chi connectivity index (χ4v) is 4.64. The summed E-state index contributed by atoms with van der Waals surface area (Å²) in [6.45, 7) is 0.501. The smallest absolute Gasteiger partial charge is 0.410 e. The van der Waals surface area contributed by atoms with Crippen LogP contribution in [0.25, 0.3) is 0 Å². The third kappa shape index (κ3) is 3.92. The maximum Gasteiger partial charge on any atom is 0.410 e. The SMILES string of the molecule is COc1cccc([C@@H]2C[C@@H](C(F)(F)F)n3nc(C(=O)N4CCCc5ccccc54)cc3N2)c1. The molecule has 2 aliphatic heterocycles. The van der Waals surface area contributed by atoms with E-state index in [1.807, 2.05) is 24.3 Å². The van der Waals surface area contributed by atoms with Crippen LogP contribution in [-0.4, -0.2) is 35.5 Å². The number of alkyl halides is 3. The summed E-state index contributed by atoms with van der Waals surface area (Å²) in [6.07, 6.45) is -3.11. The summed E-state index contributed by atoms with van der Waals surface area (Å²) in [4.78, 5) is 14.9. The summed E-state index contributed by atoms with van der Waals surface area (Å²) in [5.74, 6) is 0.339. The van der Waals surface area contributed by atoms with Crippen LogP contribution in [0.5, 0.6) is 5.75 Å². The molecule has 2 atom stereocenters. The second-order valence-electron chi connectivity index (χ2n) is 8.32. The molecule has 0 fully saturated rings. The Kier molecular flexibility index (Phi) is 5.26. The molecule has 1 amide bonds. The first-order valence-electron chi connectivity index (χ1n) is 10.8. The van der Waals surface area contributed by atoms with E-state index in [1.54, 1.807) is 29.2 Å². The van der Waals surface area contributed by atoms with Crippen molar-refractivity contribution < 1.29 is 22.7 Å². The summed E-state index contributed by atoms with van der Waals surface area (Å²) in [6, 6.07) is 13.5. The zero-order valence-electron chi connectivity index (χ0n) is 18.0. The van der Waals surface area contributed by atoms with Gasteiger partial charge in [-0.05, 0) is 42.2 Å². The summed E-state index contributed by atoms with van der Waals surface area (Å²) in [5, 5.41) is 7.26. The molecular weight excluding hydrogens is 433 g/mol. The van der Waals surface area contributed by atoms with Gasteiger partial charge in [-0.2, -0.15) is 18.3 Å². The summed E-state index contributed by atoms with van der Waals surface area (Å²) >= 11 is 0. The number of rotatable bonds is 3. The molecule has 2 aromatic carbocycles. The predicted octanol–water partition coefficient (Wildman–Crippen LogP) is 5.15. The second-order valence-corrected chi connectivity index (χ2v) is 8.32. The number of nitrogens with zero attached hydrogens (tertiary/aromatic N) is 3. The number of benzene rings is 2. The van der Waals surface area contributed by atoms with Gasteiger partial charge in [0.2, 0.25) is 0 Å². The van der Waals surface area contributed by atoms with Crippen LogP contribution in [-0.2, 0) is 6.42 Å². The van der Waals surface area contributed by atoms with Gasteiger partial charge in [0.15, 0.2) is 11.7 Å². The van der Waals surface area contributed by atoms with Gasteiger partial charge < -0.3 is 15.0 Å². The Morgan fingerprint density at radius 3 is 2.76 bits per heavy atom. The van der Waals surface area contributed by atoms with Gasteiger partial charge in [-0.1, -0.05) is 30.3 Å². The molecule has 9 heteroatoms. The van der Waals surface area contributed by atoms with E-state index in [0.29, 0.717) is 17.9 Å². The lowest BCUT2D eigenvalue weighted by molar-refractivity contribution is -0.173. The van der Waals surface area contributed by atoms with Crippen molar-refractivity contribution in [3.05, 3.63) is 71.4 Å². The molecule has 2 aliphatic rings. The van der Waals surface area contributed by atoms with Crippen molar-refractivity contribution in [1.82, 2.24) is 9.78 Å². The predicted molar refractivity (Wildman–Crippen MR) is 118 cm³/mol. The van der Waals surface area contributed by atoms with Gasteiger partial charge in [0.05, 0.1) is 13.2 Å². The standard InChI is InChI=1S/C24H23F3N4O2/c1-33-17-9-4-7-16(12-17)18-13-21(24(25,26)27)31-22(28-18)14-19(29-31)23(32)30-11-5-8-15-6-2-3-10-20(15)30/h2-4,6-7,9-10,12,14,18,21,28H,5,8,11,13H2,1H3/t18-,21-/m0/s1. The second kappa shape index (κ2) is 8.13. The molecule has 0 radical (unpaired) electrons. The van der Waals surface area contributed by atoms with Crippen molar-refractivity contribution in [2.45, 2.75) is 37.5 Å². The van der Waals surface area contributed by atoms with Gasteiger partial charge in [0.25, 0.3) is 5.91 Å². The topological polar surface area (TPSA) is 59.4 Å². The number of carbonyl (C=O) groups excluding carboxylic acids is 1. The number of hydrogen-bond donors (Lipinski definition) is 1. The lowest BCUT2D eigenvalue weighted by atomic mass is 9.97. The van der Waals surface area contributed by atoms with E-state index in [0.717, 1.165) is 28.8 Å². The molecule has 6 nitrogen and oxygen atoms in total. The van der Waals surface area contributed by atoms with E-state index >= 15 is 0 Å². The number of halogens is 3. The third-order valence-corrected chi connectivity index (χ3v) is 6.26. The average molecular weight is 456 g/mol. The number of ether oxygens (including phenoxy) is 1. The fourth-order valence-electron chi connectivity index (χ4n) is 4.64. The molecule has 0 aliphatic carbocycles. The Balaban J connectivity index is 1.50. The Morgan fingerprint density at radius 1 is 1.15 bits per heavy atom. The van der Waals surface area contributed by atoms with E-state index in [-0.39, 0.29) is 17.9 Å². The normalized spacial score (nSPS) is 19.9. The van der Waals surface area contributed by atoms with E-state index in [2.05, 4.69) is 10.4 Å². The van der Waals surface area contributed by atoms with E-state index < -0.39 is 24.2 Å². The van der Waals surface area contributed by atoms with Gasteiger partial charge in [-0.25, -0.2) is 4.68 Å². The van der Waals surface area contributed by atoms with E-state index in [4.69, 9.17) is 4.74 Å². The molecule has 0 saturated heterocycles. The highest BCUT2D eigenvalue weighted by atomic mass is 19.4. The summed E-state index contributed by atoms with van der Waals surface area (Å²) in [5.41, 5.74) is 2.50. The first kappa shape index (κ1) is 21.4. The molecule has 0 bridgehead atoms. The van der Waals surface area contributed by atoms with Gasteiger partial charge in [-0.3, -0.25) is 4.79 Å². The monoisotopic (exact) mass is 456 g/mol. The minimum atomic E-state index is -4.52. The van der Waals surface area contributed by atoms with Crippen LogP contribution in [0, 0.1) is 0 Å². The van der Waals surface area contributed by atoms with Crippen LogP contribution in [0.4, 0.5) is 24.7 Å². The van der Waals surface area contributed by atoms with E-state index in [1.165, 1.54) is 13.2 Å². The molecule has 33 heavy (non-hydrogen) atoms. The van der Waals surface area contributed by atoms with Crippen molar-refractivity contribution in [1.29, 1.82) is 0 Å². The number of carbonyl (C=O) groups is 1. The first-order chi connectivity index (χ1) is 15.8. The molecule has 0 unspecified atom stereocenters. The number of methoxy groups -OCH3 is 1. The molecule has 172 valence electrons. The minimum Gasteiger partial charge on any atom is -0.497 e. The molecule has 1 aromatic heterocycles. The van der Waals surface area contributed by atoms with Gasteiger partial charge in [0.1, 0.15) is 11.6 Å². The zero-order chi connectivity index (χ0) is 23.2. The largest absolute Gasteiger partial charge is 0.497 e. The molecule has 3 aromatic rings. The van der Waals surface area contributed by atoms with Crippen molar-refractivity contribution in [3.8, 4) is 5.75 Å². The van der Waals surface area contributed by atoms with Crippen LogP contribution < -0.4 is 15.0 Å². The highest BCUT2D eigenvalue weighted by Crippen LogP contribution is 2.44. The van der Waals surface area contributed by atoms with Crippen LogP contribution in [0.1, 0.15) is 46.5 Å². The number of aryl methyl sites for hydroxylation is 1. The van der Waals surface area contributed by atoms with Crippen LogP contribution in [0.15, 0.2) is 54.6 Å². The number of aromatic nitrogens is 2. The number of anilines is 2. The highest BCUT2D eigenvalue weighted by molar-refractivity contribution is 6.06. The summed E-state index contributed by atoms with van der Waals surface area (Å²) in [7, 11) is 1.51. The fraction of sp³-hybridized carbons (Fsp3) is 0.333. The van der Waals surface area contributed by atoms with Crippen molar-refractivity contribution >= 4 is 17.4 Å². The Hall–Kier alpha value is -3.49. The molecule has 5 rings (SSSR count). The molecule has 0 saturated carbocycles. The third-order valence-electron chi connectivity index (χ3n) is 6.26. The van der Waals surface area contributed by atoms with Gasteiger partial charge >= 0.3 is 6.18 Å².